The molecule has 1 heterocycles. The Morgan fingerprint density at radius 2 is 2.20 bits per heavy atom. The van der Waals surface area contributed by atoms with Gasteiger partial charge >= 0.3 is 0 Å². The molecule has 0 spiro atoms. The Morgan fingerprint density at radius 1 is 1.40 bits per heavy atom. The van der Waals surface area contributed by atoms with Crippen LogP contribution in [0.3, 0.4) is 0 Å². The zero-order chi connectivity index (χ0) is 14.5. The summed E-state index contributed by atoms with van der Waals surface area (Å²) in [6, 6.07) is 6.28. The lowest BCUT2D eigenvalue weighted by atomic mass is 10.0. The van der Waals surface area contributed by atoms with Gasteiger partial charge in [0.1, 0.15) is 5.51 Å². The Morgan fingerprint density at radius 3 is 2.85 bits per heavy atom. The van der Waals surface area contributed by atoms with Crippen LogP contribution in [0, 0.1) is 13.8 Å². The molecule has 20 heavy (non-hydrogen) atoms. The van der Waals surface area contributed by atoms with E-state index in [-0.39, 0.29) is 11.9 Å². The molecule has 0 unspecified atom stereocenters. The summed E-state index contributed by atoms with van der Waals surface area (Å²) in [6.07, 6.45) is 0. The monoisotopic (exact) mass is 307 g/mol. The number of nitrogens with zero attached hydrogens (tertiary/aromatic N) is 2. The minimum atomic E-state index is 0.0101. The molecule has 2 rings (SSSR count). The van der Waals surface area contributed by atoms with Crippen LogP contribution in [0.25, 0.3) is 0 Å². The lowest BCUT2D eigenvalue weighted by Gasteiger charge is -2.15. The van der Waals surface area contributed by atoms with E-state index in [1.54, 1.807) is 5.51 Å². The maximum absolute atomic E-state index is 11.9. The van der Waals surface area contributed by atoms with Gasteiger partial charge in [-0.15, -0.1) is 10.2 Å². The average Bonchev–Trinajstić information content (AvgIpc) is 2.92. The van der Waals surface area contributed by atoms with Crippen molar-refractivity contribution in [1.82, 2.24) is 15.5 Å². The van der Waals surface area contributed by atoms with Crippen molar-refractivity contribution in [3.8, 4) is 0 Å². The quantitative estimate of drug-likeness (QED) is 0.862. The van der Waals surface area contributed by atoms with Crippen molar-refractivity contribution in [2.45, 2.75) is 31.2 Å². The van der Waals surface area contributed by atoms with Gasteiger partial charge in [0.25, 0.3) is 0 Å². The molecule has 1 amide bonds. The Labute approximate surface area is 127 Å². The average molecular weight is 307 g/mol. The molecule has 1 atom stereocenters. The first-order valence-electron chi connectivity index (χ1n) is 6.31. The first-order valence-corrected chi connectivity index (χ1v) is 8.18. The van der Waals surface area contributed by atoms with Crippen LogP contribution < -0.4 is 5.32 Å². The van der Waals surface area contributed by atoms with Gasteiger partial charge in [-0.1, -0.05) is 41.3 Å². The first kappa shape index (κ1) is 15.0. The van der Waals surface area contributed by atoms with Gasteiger partial charge in [-0.2, -0.15) is 0 Å². The van der Waals surface area contributed by atoms with E-state index in [2.05, 4.69) is 47.6 Å². The van der Waals surface area contributed by atoms with Crippen LogP contribution in [-0.2, 0) is 4.79 Å². The maximum atomic E-state index is 11.9. The summed E-state index contributed by atoms with van der Waals surface area (Å²) in [5.41, 5.74) is 5.30. The molecule has 1 aromatic carbocycles. The Balaban J connectivity index is 1.88. The van der Waals surface area contributed by atoms with Gasteiger partial charge < -0.3 is 5.32 Å². The summed E-state index contributed by atoms with van der Waals surface area (Å²) in [5.74, 6) is 0.376. The molecule has 1 N–H and O–H groups in total. The first-order chi connectivity index (χ1) is 9.56. The molecule has 0 radical (unpaired) electrons. The number of carbonyl (C=O) groups is 1. The molecule has 0 saturated carbocycles. The lowest BCUT2D eigenvalue weighted by molar-refractivity contribution is -0.119. The van der Waals surface area contributed by atoms with E-state index in [9.17, 15) is 4.79 Å². The summed E-state index contributed by atoms with van der Waals surface area (Å²) in [7, 11) is 0. The van der Waals surface area contributed by atoms with Crippen molar-refractivity contribution >= 4 is 29.0 Å². The molecule has 0 bridgehead atoms. The fourth-order valence-corrected chi connectivity index (χ4v) is 3.05. The van der Waals surface area contributed by atoms with E-state index >= 15 is 0 Å². The highest BCUT2D eigenvalue weighted by Gasteiger charge is 2.11. The number of carbonyl (C=O) groups excluding carboxylic acids is 1. The number of nitrogens with one attached hydrogen (secondary N) is 1. The van der Waals surface area contributed by atoms with E-state index in [0.29, 0.717) is 5.75 Å². The molecule has 0 aliphatic rings. The number of aryl methyl sites for hydroxylation is 2. The van der Waals surface area contributed by atoms with Crippen LogP contribution in [0.4, 0.5) is 0 Å². The molecule has 106 valence electrons. The maximum Gasteiger partial charge on any atom is 0.230 e. The zero-order valence-electron chi connectivity index (χ0n) is 11.7. The summed E-state index contributed by atoms with van der Waals surface area (Å²) in [6.45, 7) is 6.16. The summed E-state index contributed by atoms with van der Waals surface area (Å²) < 4.78 is 0.819. The number of rotatable bonds is 5. The van der Waals surface area contributed by atoms with Gasteiger partial charge in [-0.3, -0.25) is 4.79 Å². The van der Waals surface area contributed by atoms with Crippen LogP contribution in [0.1, 0.15) is 29.7 Å². The number of aromatic nitrogens is 2. The van der Waals surface area contributed by atoms with Crippen LogP contribution >= 0.6 is 23.1 Å². The third-order valence-electron chi connectivity index (χ3n) is 3.08. The highest BCUT2D eigenvalue weighted by atomic mass is 32.2. The molecule has 2 aromatic rings. The van der Waals surface area contributed by atoms with Gasteiger partial charge in [0, 0.05) is 0 Å². The van der Waals surface area contributed by atoms with Gasteiger partial charge in [0.15, 0.2) is 4.34 Å². The number of amides is 1. The standard InChI is InChI=1S/C14H17N3OS2/c1-9-4-5-12(6-10(9)2)11(3)16-13(18)7-19-14-17-15-8-20-14/h4-6,8,11H,7H2,1-3H3,(H,16,18)/t11-/m0/s1. The third-order valence-corrected chi connectivity index (χ3v) is 4.94. The second kappa shape index (κ2) is 6.85. The lowest BCUT2D eigenvalue weighted by Crippen LogP contribution is -2.28. The third kappa shape index (κ3) is 4.05. The van der Waals surface area contributed by atoms with Gasteiger partial charge in [0.2, 0.25) is 5.91 Å². The van der Waals surface area contributed by atoms with E-state index < -0.39 is 0 Å². The summed E-state index contributed by atoms with van der Waals surface area (Å²) in [5, 5.41) is 10.6. The highest BCUT2D eigenvalue weighted by molar-refractivity contribution is 8.01. The fraction of sp³-hybridized carbons (Fsp3) is 0.357. The molecule has 0 aliphatic carbocycles. The van der Waals surface area contributed by atoms with E-state index in [1.165, 1.54) is 34.2 Å². The number of thioether (sulfide) groups is 1. The Hall–Kier alpha value is -1.40. The van der Waals surface area contributed by atoms with Crippen molar-refractivity contribution in [1.29, 1.82) is 0 Å². The molecule has 6 heteroatoms. The topological polar surface area (TPSA) is 54.9 Å². The minimum absolute atomic E-state index is 0.0101. The Bertz CT molecular complexity index is 584. The molecule has 0 saturated heterocycles. The van der Waals surface area contributed by atoms with Crippen molar-refractivity contribution < 1.29 is 4.79 Å². The van der Waals surface area contributed by atoms with Gasteiger partial charge in [-0.25, -0.2) is 0 Å². The number of benzene rings is 1. The van der Waals surface area contributed by atoms with Crippen LogP contribution in [-0.4, -0.2) is 21.9 Å². The van der Waals surface area contributed by atoms with Crippen molar-refractivity contribution in [2.75, 3.05) is 5.75 Å². The molecule has 4 nitrogen and oxygen atoms in total. The molecule has 0 fully saturated rings. The smallest absolute Gasteiger partial charge is 0.230 e. The van der Waals surface area contributed by atoms with Crippen molar-refractivity contribution in [2.24, 2.45) is 0 Å². The normalized spacial score (nSPS) is 12.2. The van der Waals surface area contributed by atoms with Gasteiger partial charge in [-0.05, 0) is 37.5 Å². The van der Waals surface area contributed by atoms with Crippen LogP contribution in [0.2, 0.25) is 0 Å². The summed E-state index contributed by atoms with van der Waals surface area (Å²) >= 11 is 2.86. The minimum Gasteiger partial charge on any atom is -0.349 e. The van der Waals surface area contributed by atoms with Crippen LogP contribution in [0.5, 0.6) is 0 Å². The Kier molecular flexibility index (Phi) is 5.14. The SMILES string of the molecule is Cc1ccc([C@H](C)NC(=O)CSc2nncs2)cc1C. The summed E-state index contributed by atoms with van der Waals surface area (Å²) in [4.78, 5) is 11.9. The fourth-order valence-electron chi connectivity index (χ4n) is 1.75. The predicted molar refractivity (Wildman–Crippen MR) is 83.1 cm³/mol. The highest BCUT2D eigenvalue weighted by Crippen LogP contribution is 2.20. The van der Waals surface area contributed by atoms with Crippen molar-refractivity contribution in [3.63, 3.8) is 0 Å². The molecule has 0 aliphatic heterocycles. The number of hydrogen-bond donors (Lipinski definition) is 1. The van der Waals surface area contributed by atoms with Crippen LogP contribution in [0.15, 0.2) is 28.0 Å². The second-order valence-electron chi connectivity index (χ2n) is 4.63. The van der Waals surface area contributed by atoms with E-state index in [0.717, 1.165) is 9.90 Å². The molecule has 1 aromatic heterocycles. The van der Waals surface area contributed by atoms with Gasteiger partial charge in [0.05, 0.1) is 11.8 Å². The largest absolute Gasteiger partial charge is 0.349 e. The molecular formula is C14H17N3OS2. The second-order valence-corrected chi connectivity index (χ2v) is 6.68. The zero-order valence-corrected chi connectivity index (χ0v) is 13.3. The van der Waals surface area contributed by atoms with E-state index in [4.69, 9.17) is 0 Å². The van der Waals surface area contributed by atoms with Crippen molar-refractivity contribution in [3.05, 3.63) is 40.4 Å². The predicted octanol–water partition coefficient (Wildman–Crippen LogP) is 3.12. The number of hydrogen-bond acceptors (Lipinski definition) is 5. The van der Waals surface area contributed by atoms with E-state index in [1.807, 2.05) is 6.92 Å². The molecular weight excluding hydrogens is 290 g/mol.